The zero-order chi connectivity index (χ0) is 14.5. The van der Waals surface area contributed by atoms with Gasteiger partial charge in [0, 0.05) is 23.1 Å². The molecule has 108 valence electrons. The predicted molar refractivity (Wildman–Crippen MR) is 82.3 cm³/mol. The number of hydrogen-bond acceptors (Lipinski definition) is 4. The minimum absolute atomic E-state index is 0.0984. The normalized spacial score (nSPS) is 21.9. The fourth-order valence-electron chi connectivity index (χ4n) is 2.37. The van der Waals surface area contributed by atoms with Crippen LogP contribution >= 0.6 is 24.4 Å². The van der Waals surface area contributed by atoms with Gasteiger partial charge in [-0.2, -0.15) is 12.6 Å². The van der Waals surface area contributed by atoms with Gasteiger partial charge in [0.1, 0.15) is 6.04 Å². The molecular weight excluding hydrogens is 294 g/mol. The van der Waals surface area contributed by atoms with Crippen LogP contribution in [-0.4, -0.2) is 45.5 Å². The van der Waals surface area contributed by atoms with Crippen molar-refractivity contribution in [3.05, 3.63) is 30.3 Å². The number of nitrogens with zero attached hydrogens (tertiary/aromatic N) is 1. The SMILES string of the molecule is O=C(O)[C@@H]1[C@@H](Sc2ccccc2)CCN1C(=O)CCS. The second kappa shape index (κ2) is 7.04. The second-order valence-electron chi connectivity index (χ2n) is 4.60. The molecule has 0 spiro atoms. The molecule has 1 fully saturated rings. The zero-order valence-electron chi connectivity index (χ0n) is 10.9. The lowest BCUT2D eigenvalue weighted by molar-refractivity contribution is -0.147. The van der Waals surface area contributed by atoms with Crippen LogP contribution in [0, 0.1) is 0 Å². The van der Waals surface area contributed by atoms with E-state index in [1.807, 2.05) is 30.3 Å². The highest BCUT2D eigenvalue weighted by molar-refractivity contribution is 8.00. The average molecular weight is 311 g/mol. The Morgan fingerprint density at radius 1 is 1.35 bits per heavy atom. The van der Waals surface area contributed by atoms with Crippen LogP contribution in [0.15, 0.2) is 35.2 Å². The molecule has 1 heterocycles. The molecule has 2 atom stereocenters. The molecule has 0 unspecified atom stereocenters. The van der Waals surface area contributed by atoms with Gasteiger partial charge in [-0.3, -0.25) is 4.79 Å². The number of aliphatic carboxylic acids is 1. The van der Waals surface area contributed by atoms with Gasteiger partial charge in [0.15, 0.2) is 0 Å². The van der Waals surface area contributed by atoms with Crippen LogP contribution in [0.5, 0.6) is 0 Å². The Kier molecular flexibility index (Phi) is 5.37. The van der Waals surface area contributed by atoms with Crippen LogP contribution < -0.4 is 0 Å². The Labute approximate surface area is 128 Å². The number of carbonyl (C=O) groups excluding carboxylic acids is 1. The van der Waals surface area contributed by atoms with Crippen molar-refractivity contribution in [2.45, 2.75) is 29.0 Å². The number of carboxylic acids is 1. The molecule has 0 saturated carbocycles. The van der Waals surface area contributed by atoms with Gasteiger partial charge < -0.3 is 10.0 Å². The molecule has 0 aromatic heterocycles. The number of carboxylic acid groups (broad SMARTS) is 1. The van der Waals surface area contributed by atoms with E-state index in [0.717, 1.165) is 4.90 Å². The lowest BCUT2D eigenvalue weighted by atomic mass is 10.2. The highest BCUT2D eigenvalue weighted by atomic mass is 32.2. The third-order valence-corrected chi connectivity index (χ3v) is 4.84. The third-order valence-electron chi connectivity index (χ3n) is 3.27. The number of benzene rings is 1. The molecule has 1 aliphatic heterocycles. The summed E-state index contributed by atoms with van der Waals surface area (Å²) in [6.07, 6.45) is 0.991. The van der Waals surface area contributed by atoms with Gasteiger partial charge in [0.2, 0.25) is 5.91 Å². The number of thiol groups is 1. The first-order valence-corrected chi connectivity index (χ1v) is 7.99. The van der Waals surface area contributed by atoms with Gasteiger partial charge in [0.25, 0.3) is 0 Å². The summed E-state index contributed by atoms with van der Waals surface area (Å²) in [7, 11) is 0. The summed E-state index contributed by atoms with van der Waals surface area (Å²) < 4.78 is 0. The minimum Gasteiger partial charge on any atom is -0.480 e. The molecule has 0 aliphatic carbocycles. The minimum atomic E-state index is -0.927. The van der Waals surface area contributed by atoms with E-state index in [0.29, 0.717) is 18.7 Å². The van der Waals surface area contributed by atoms with Crippen molar-refractivity contribution in [1.82, 2.24) is 4.90 Å². The maximum Gasteiger partial charge on any atom is 0.327 e. The fraction of sp³-hybridized carbons (Fsp3) is 0.429. The molecule has 1 aliphatic rings. The highest BCUT2D eigenvalue weighted by Gasteiger charge is 2.42. The van der Waals surface area contributed by atoms with Crippen LogP contribution in [-0.2, 0) is 9.59 Å². The summed E-state index contributed by atoms with van der Waals surface area (Å²) >= 11 is 5.57. The topological polar surface area (TPSA) is 57.6 Å². The third kappa shape index (κ3) is 3.49. The van der Waals surface area contributed by atoms with Gasteiger partial charge in [-0.1, -0.05) is 18.2 Å². The lowest BCUT2D eigenvalue weighted by Gasteiger charge is -2.24. The van der Waals surface area contributed by atoms with E-state index in [2.05, 4.69) is 12.6 Å². The van der Waals surface area contributed by atoms with Crippen molar-refractivity contribution in [2.24, 2.45) is 0 Å². The predicted octanol–water partition coefficient (Wildman–Crippen LogP) is 2.15. The van der Waals surface area contributed by atoms with Gasteiger partial charge >= 0.3 is 5.97 Å². The Hall–Kier alpha value is -1.14. The fourth-order valence-corrected chi connectivity index (χ4v) is 3.84. The number of hydrogen-bond donors (Lipinski definition) is 2. The van der Waals surface area contributed by atoms with Gasteiger partial charge in [-0.15, -0.1) is 11.8 Å². The summed E-state index contributed by atoms with van der Waals surface area (Å²) in [5.74, 6) is -0.606. The molecular formula is C14H17NO3S2. The van der Waals surface area contributed by atoms with Gasteiger partial charge in [0.05, 0.1) is 0 Å². The van der Waals surface area contributed by atoms with Crippen LogP contribution in [0.25, 0.3) is 0 Å². The van der Waals surface area contributed by atoms with Crippen LogP contribution in [0.4, 0.5) is 0 Å². The molecule has 2 rings (SSSR count). The molecule has 1 saturated heterocycles. The first-order chi connectivity index (χ1) is 9.63. The second-order valence-corrected chi connectivity index (χ2v) is 6.36. The summed E-state index contributed by atoms with van der Waals surface area (Å²) in [4.78, 5) is 26.0. The number of thioether (sulfide) groups is 1. The summed E-state index contributed by atoms with van der Waals surface area (Å²) in [6.45, 7) is 0.508. The number of likely N-dealkylation sites (tertiary alicyclic amines) is 1. The van der Waals surface area contributed by atoms with Crippen molar-refractivity contribution < 1.29 is 14.7 Å². The largest absolute Gasteiger partial charge is 0.480 e. The molecule has 0 radical (unpaired) electrons. The Morgan fingerprint density at radius 2 is 2.05 bits per heavy atom. The van der Waals surface area contributed by atoms with E-state index in [-0.39, 0.29) is 17.6 Å². The lowest BCUT2D eigenvalue weighted by Crippen LogP contribution is -2.44. The van der Waals surface area contributed by atoms with E-state index in [4.69, 9.17) is 0 Å². The van der Waals surface area contributed by atoms with E-state index in [9.17, 15) is 14.7 Å². The van der Waals surface area contributed by atoms with Crippen molar-refractivity contribution in [2.75, 3.05) is 12.3 Å². The molecule has 1 N–H and O–H groups in total. The van der Waals surface area contributed by atoms with Crippen LogP contribution in [0.1, 0.15) is 12.8 Å². The quantitative estimate of drug-likeness (QED) is 0.818. The number of rotatable bonds is 5. The maximum absolute atomic E-state index is 12.0. The van der Waals surface area contributed by atoms with E-state index < -0.39 is 12.0 Å². The molecule has 6 heteroatoms. The molecule has 0 bridgehead atoms. The van der Waals surface area contributed by atoms with E-state index >= 15 is 0 Å². The van der Waals surface area contributed by atoms with Crippen LogP contribution in [0.2, 0.25) is 0 Å². The standard InChI is InChI=1S/C14H17NO3S2/c16-12(7-9-19)15-8-6-11(13(15)14(17)18)20-10-4-2-1-3-5-10/h1-5,11,13,19H,6-9H2,(H,17,18)/t11-,13-/m0/s1. The molecule has 1 amide bonds. The Bertz CT molecular complexity index is 481. The molecule has 1 aromatic rings. The highest BCUT2D eigenvalue weighted by Crippen LogP contribution is 2.34. The number of amides is 1. The van der Waals surface area contributed by atoms with Crippen molar-refractivity contribution in [3.8, 4) is 0 Å². The first-order valence-electron chi connectivity index (χ1n) is 6.48. The first kappa shape index (κ1) is 15.3. The van der Waals surface area contributed by atoms with E-state index in [1.54, 1.807) is 0 Å². The monoisotopic (exact) mass is 311 g/mol. The van der Waals surface area contributed by atoms with Crippen LogP contribution in [0.3, 0.4) is 0 Å². The maximum atomic E-state index is 12.0. The van der Waals surface area contributed by atoms with Crippen molar-refractivity contribution in [1.29, 1.82) is 0 Å². The van der Waals surface area contributed by atoms with E-state index in [1.165, 1.54) is 16.7 Å². The van der Waals surface area contributed by atoms with Crippen molar-refractivity contribution >= 4 is 36.3 Å². The Morgan fingerprint density at radius 3 is 2.65 bits per heavy atom. The number of carbonyl (C=O) groups is 2. The summed E-state index contributed by atoms with van der Waals surface area (Å²) in [5.41, 5.74) is 0. The van der Waals surface area contributed by atoms with Crippen molar-refractivity contribution in [3.63, 3.8) is 0 Å². The molecule has 1 aromatic carbocycles. The molecule has 4 nitrogen and oxygen atoms in total. The smallest absolute Gasteiger partial charge is 0.327 e. The zero-order valence-corrected chi connectivity index (χ0v) is 12.6. The Balaban J connectivity index is 2.10. The average Bonchev–Trinajstić information content (AvgIpc) is 2.84. The summed E-state index contributed by atoms with van der Waals surface area (Å²) in [5, 5.41) is 9.32. The molecule has 20 heavy (non-hydrogen) atoms. The van der Waals surface area contributed by atoms with Gasteiger partial charge in [-0.25, -0.2) is 4.79 Å². The van der Waals surface area contributed by atoms with Gasteiger partial charge in [-0.05, 0) is 24.3 Å². The summed E-state index contributed by atoms with van der Waals surface area (Å²) in [6, 6.07) is 8.96.